The van der Waals surface area contributed by atoms with Crippen LogP contribution in [0.15, 0.2) is 394 Å². The van der Waals surface area contributed by atoms with Gasteiger partial charge in [-0.05, 0) is 213 Å². The van der Waals surface area contributed by atoms with Gasteiger partial charge >= 0.3 is 0 Å². The fourth-order valence-electron chi connectivity index (χ4n) is 13.5. The van der Waals surface area contributed by atoms with Crippen LogP contribution in [0.5, 0.6) is 0 Å². The van der Waals surface area contributed by atoms with Crippen molar-refractivity contribution >= 4 is 62.4 Å². The van der Waals surface area contributed by atoms with Crippen LogP contribution in [0.3, 0.4) is 0 Å². The molecule has 0 amide bonds. The van der Waals surface area contributed by atoms with E-state index in [1.807, 2.05) is 0 Å². The largest absolute Gasteiger partial charge is 0.314 e. The average molecular weight is 1220 g/mol. The Kier molecular flexibility index (Phi) is 17.2. The van der Waals surface area contributed by atoms with Crippen molar-refractivity contribution in [2.75, 3.05) is 19.6 Å². The molecule has 0 fully saturated rings. The van der Waals surface area contributed by atoms with Crippen LogP contribution in [0.1, 0.15) is 36.8 Å². The summed E-state index contributed by atoms with van der Waals surface area (Å²) in [5.74, 6) is 0.662. The van der Waals surface area contributed by atoms with E-state index in [1.165, 1.54) is 67.3 Å². The number of hydrogen-bond acceptors (Lipinski definition) is 4. The van der Waals surface area contributed by atoms with Gasteiger partial charge in [0.05, 0.1) is 0 Å². The Balaban J connectivity index is 0.618. The van der Waals surface area contributed by atoms with Gasteiger partial charge < -0.3 is 19.6 Å². The average Bonchev–Trinajstić information content (AvgIpc) is 0.929. The summed E-state index contributed by atoms with van der Waals surface area (Å²) in [7, 11) is 0. The van der Waals surface area contributed by atoms with E-state index in [1.54, 1.807) is 0 Å². The van der Waals surface area contributed by atoms with Gasteiger partial charge in [-0.25, -0.2) is 0 Å². The first-order valence-electron chi connectivity index (χ1n) is 33.0. The highest BCUT2D eigenvalue weighted by Gasteiger charge is 2.25. The van der Waals surface area contributed by atoms with Crippen LogP contribution < -0.4 is 19.6 Å². The number of rotatable bonds is 18. The predicted octanol–water partition coefficient (Wildman–Crippen LogP) is 25.2. The molecular weight excluding hydrogens is 1150 g/mol. The fourth-order valence-corrected chi connectivity index (χ4v) is 13.5. The Morgan fingerprint density at radius 3 is 0.874 bits per heavy atom. The molecule has 0 bridgehead atoms. The molecule has 2 unspecified atom stereocenters. The molecule has 0 radical (unpaired) electrons. The van der Waals surface area contributed by atoms with Crippen molar-refractivity contribution in [3.05, 3.63) is 405 Å². The zero-order chi connectivity index (χ0) is 63.7. The standard InChI is InChI=1S/C91H72N4/c1-67-66-90(64-65-91(67)78-22-10-3-11-23-78)95(82-30-18-7-19-31-82)89-62-48-77(49-63-89)76-46-60-88(61-47-76)94(81-28-16-6-17-29-81)85-54-40-73(41-55-85)70-34-32-69(33-35-70)72-38-52-84(53-39-72)93(80-26-14-5-15-27-80)87-58-44-75(45-59-87)74-42-56-86(57-43-74)92(79-24-12-4-13-25-79)83-50-36-71(37-51-83)68-20-8-2-9-21-68/h2-46,48-65,67,76H,47,66H2,1H3. The summed E-state index contributed by atoms with van der Waals surface area (Å²) in [6.07, 6.45) is 13.6. The molecule has 0 aromatic heterocycles. The summed E-state index contributed by atoms with van der Waals surface area (Å²) in [6.45, 7) is 2.35. The highest BCUT2D eigenvalue weighted by molar-refractivity contribution is 5.84. The highest BCUT2D eigenvalue weighted by Crippen LogP contribution is 2.43. The summed E-state index contributed by atoms with van der Waals surface area (Å²) in [6, 6.07) is 127. The molecule has 0 heterocycles. The van der Waals surface area contributed by atoms with Crippen LogP contribution in [0, 0.1) is 5.92 Å². The minimum atomic E-state index is 0.268. The number of para-hydroxylation sites is 4. The zero-order valence-corrected chi connectivity index (χ0v) is 53.2. The Labute approximate surface area is 559 Å². The fraction of sp³-hybridized carbons (Fsp3) is 0.0549. The maximum atomic E-state index is 2.43. The summed E-state index contributed by atoms with van der Waals surface area (Å²) in [4.78, 5) is 9.45. The van der Waals surface area contributed by atoms with Gasteiger partial charge in [-0.15, -0.1) is 0 Å². The van der Waals surface area contributed by atoms with Crippen molar-refractivity contribution in [2.45, 2.75) is 25.7 Å². The van der Waals surface area contributed by atoms with Crippen molar-refractivity contribution in [3.63, 3.8) is 0 Å². The van der Waals surface area contributed by atoms with Gasteiger partial charge in [0, 0.05) is 74.2 Å². The minimum Gasteiger partial charge on any atom is -0.314 e. The van der Waals surface area contributed by atoms with Gasteiger partial charge in [-0.2, -0.15) is 0 Å². The van der Waals surface area contributed by atoms with Gasteiger partial charge in [0.15, 0.2) is 0 Å². The predicted molar refractivity (Wildman–Crippen MR) is 402 cm³/mol. The SMILES string of the molecule is CC1CC(N(c2ccccc2)c2ccc(C3C=CC(N(c4ccccc4)c4ccc(-c5ccc(-c6ccc(N(c7ccccc7)c7ccc(-c8ccc(N(c9ccccc9)c9ccc(-c%10ccccc%10)cc9)cc8)cc7)cc6)cc5)cc4)=CC3)cc2)=CC=C1c1ccccc1. The Morgan fingerprint density at radius 1 is 0.253 bits per heavy atom. The molecule has 15 rings (SSSR count). The highest BCUT2D eigenvalue weighted by atomic mass is 15.2. The third kappa shape index (κ3) is 13.0. The van der Waals surface area contributed by atoms with Crippen molar-refractivity contribution in [2.24, 2.45) is 5.92 Å². The van der Waals surface area contributed by atoms with Crippen LogP contribution in [-0.2, 0) is 0 Å². The van der Waals surface area contributed by atoms with E-state index >= 15 is 0 Å². The van der Waals surface area contributed by atoms with E-state index in [0.717, 1.165) is 75.0 Å². The number of benzene rings is 13. The monoisotopic (exact) mass is 1220 g/mol. The second-order valence-corrected chi connectivity index (χ2v) is 24.5. The van der Waals surface area contributed by atoms with E-state index in [0.29, 0.717) is 5.92 Å². The molecule has 0 spiro atoms. The molecule has 13 aromatic carbocycles. The van der Waals surface area contributed by atoms with E-state index in [-0.39, 0.29) is 5.92 Å². The Hall–Kier alpha value is -12.0. The van der Waals surface area contributed by atoms with Gasteiger partial charge in [0.2, 0.25) is 0 Å². The van der Waals surface area contributed by atoms with Crippen LogP contribution >= 0.6 is 0 Å². The lowest BCUT2D eigenvalue weighted by Crippen LogP contribution is -2.20. The molecule has 4 nitrogen and oxygen atoms in total. The first kappa shape index (κ1) is 59.3. The number of anilines is 10. The van der Waals surface area contributed by atoms with Crippen LogP contribution in [0.25, 0.3) is 50.1 Å². The van der Waals surface area contributed by atoms with E-state index in [9.17, 15) is 0 Å². The topological polar surface area (TPSA) is 13.0 Å². The Bertz CT molecular complexity index is 4800. The van der Waals surface area contributed by atoms with Crippen LogP contribution in [0.4, 0.5) is 56.9 Å². The first-order chi connectivity index (χ1) is 47.0. The molecule has 13 aromatic rings. The molecule has 95 heavy (non-hydrogen) atoms. The quantitative estimate of drug-likeness (QED) is 0.0849. The second kappa shape index (κ2) is 27.5. The molecule has 4 heteroatoms. The summed E-state index contributed by atoms with van der Waals surface area (Å²) >= 11 is 0. The van der Waals surface area contributed by atoms with Gasteiger partial charge in [0.1, 0.15) is 0 Å². The maximum Gasteiger partial charge on any atom is 0.0462 e. The molecule has 0 aliphatic heterocycles. The molecule has 0 saturated heterocycles. The van der Waals surface area contributed by atoms with Crippen molar-refractivity contribution in [3.8, 4) is 44.5 Å². The molecular formula is C91H72N4. The minimum absolute atomic E-state index is 0.268. The lowest BCUT2D eigenvalue weighted by Gasteiger charge is -2.32. The van der Waals surface area contributed by atoms with Crippen molar-refractivity contribution < 1.29 is 0 Å². The number of hydrogen-bond donors (Lipinski definition) is 0. The Morgan fingerprint density at radius 2 is 0.526 bits per heavy atom. The van der Waals surface area contributed by atoms with Crippen molar-refractivity contribution in [1.29, 1.82) is 0 Å². The van der Waals surface area contributed by atoms with E-state index < -0.39 is 0 Å². The molecule has 2 aliphatic rings. The lowest BCUT2D eigenvalue weighted by molar-refractivity contribution is 0.715. The van der Waals surface area contributed by atoms with Crippen LogP contribution in [0.2, 0.25) is 0 Å². The third-order valence-corrected chi connectivity index (χ3v) is 18.5. The maximum absolute atomic E-state index is 2.43. The third-order valence-electron chi connectivity index (χ3n) is 18.5. The van der Waals surface area contributed by atoms with Gasteiger partial charge in [0.25, 0.3) is 0 Å². The molecule has 2 atom stereocenters. The second-order valence-electron chi connectivity index (χ2n) is 24.5. The zero-order valence-electron chi connectivity index (χ0n) is 53.2. The smallest absolute Gasteiger partial charge is 0.0462 e. The summed E-state index contributed by atoms with van der Waals surface area (Å²) < 4.78 is 0. The van der Waals surface area contributed by atoms with Gasteiger partial charge in [-0.3, -0.25) is 0 Å². The van der Waals surface area contributed by atoms with Gasteiger partial charge in [-0.1, -0.05) is 256 Å². The molecule has 456 valence electrons. The first-order valence-corrected chi connectivity index (χ1v) is 33.0. The molecule has 0 N–H and O–H groups in total. The van der Waals surface area contributed by atoms with Crippen molar-refractivity contribution in [1.82, 2.24) is 0 Å². The normalized spacial score (nSPS) is 14.2. The lowest BCUT2D eigenvalue weighted by atomic mass is 9.86. The molecule has 2 aliphatic carbocycles. The van der Waals surface area contributed by atoms with E-state index in [4.69, 9.17) is 0 Å². The molecule has 0 saturated carbocycles. The van der Waals surface area contributed by atoms with E-state index in [2.05, 4.69) is 409 Å². The van der Waals surface area contributed by atoms with Crippen LogP contribution in [-0.4, -0.2) is 0 Å². The summed E-state index contributed by atoms with van der Waals surface area (Å²) in [5.41, 5.74) is 27.0. The summed E-state index contributed by atoms with van der Waals surface area (Å²) in [5, 5.41) is 0. The number of allylic oxidation sites excluding steroid dienone is 7. The number of nitrogens with zero attached hydrogens (tertiary/aromatic N) is 4.